The molecule has 150 valence electrons. The van der Waals surface area contributed by atoms with Crippen molar-refractivity contribution in [3.05, 3.63) is 68.5 Å². The second-order valence-electron chi connectivity index (χ2n) is 6.62. The summed E-state index contributed by atoms with van der Waals surface area (Å²) in [7, 11) is 0. The maximum Gasteiger partial charge on any atom is 0.262 e. The van der Waals surface area contributed by atoms with Crippen LogP contribution in [0.3, 0.4) is 0 Å². The number of hydrogen-bond donors (Lipinski definition) is 2. The van der Waals surface area contributed by atoms with Crippen molar-refractivity contribution in [3.8, 4) is 10.8 Å². The molecule has 0 aliphatic heterocycles. The molecule has 0 saturated heterocycles. The van der Waals surface area contributed by atoms with Crippen LogP contribution in [0.2, 0.25) is 5.02 Å². The number of carbonyl (C=O) groups is 1. The number of primary amides is 1. The van der Waals surface area contributed by atoms with Crippen molar-refractivity contribution in [2.24, 2.45) is 5.73 Å². The first-order valence-electron chi connectivity index (χ1n) is 8.81. The number of nitrogens with zero attached hydrogens (tertiary/aromatic N) is 2. The van der Waals surface area contributed by atoms with Crippen LogP contribution in [0.4, 0.5) is 0 Å². The van der Waals surface area contributed by atoms with Gasteiger partial charge in [0.25, 0.3) is 5.91 Å². The van der Waals surface area contributed by atoms with Crippen LogP contribution >= 0.6 is 34.5 Å². The van der Waals surface area contributed by atoms with Crippen molar-refractivity contribution in [2.75, 3.05) is 0 Å². The fourth-order valence-corrected chi connectivity index (χ4v) is 4.58. The number of carbonyl (C=O) groups excluding carboxylic acids is 1. The van der Waals surface area contributed by atoms with Crippen molar-refractivity contribution >= 4 is 46.5 Å². The summed E-state index contributed by atoms with van der Waals surface area (Å²) in [6.45, 7) is 1.85. The Morgan fingerprint density at radius 1 is 1.41 bits per heavy atom. The number of rotatable bonds is 5. The largest absolute Gasteiger partial charge is 0.484 e. The number of fused-ring (bicyclic) bond motifs is 1. The van der Waals surface area contributed by atoms with Crippen LogP contribution in [0.15, 0.2) is 41.7 Å². The molecule has 6 nitrogen and oxygen atoms in total. The Labute approximate surface area is 181 Å². The van der Waals surface area contributed by atoms with Crippen LogP contribution in [-0.2, 0) is 6.42 Å². The van der Waals surface area contributed by atoms with Gasteiger partial charge in [-0.3, -0.25) is 9.36 Å². The highest BCUT2D eigenvalue weighted by Crippen LogP contribution is 2.37. The lowest BCUT2D eigenvalue weighted by Gasteiger charge is -2.16. The smallest absolute Gasteiger partial charge is 0.262 e. The zero-order valence-electron chi connectivity index (χ0n) is 15.3. The van der Waals surface area contributed by atoms with E-state index >= 15 is 0 Å². The van der Waals surface area contributed by atoms with Crippen molar-refractivity contribution < 1.29 is 14.6 Å². The lowest BCUT2D eigenvalue weighted by Crippen LogP contribution is -2.16. The molecule has 1 aliphatic carbocycles. The number of imidazole rings is 1. The van der Waals surface area contributed by atoms with E-state index in [1.54, 1.807) is 29.1 Å². The summed E-state index contributed by atoms with van der Waals surface area (Å²) in [5, 5.41) is 11.5. The molecule has 1 unspecified atom stereocenters. The molecule has 2 atom stereocenters. The molecule has 0 fully saturated rings. The van der Waals surface area contributed by atoms with Crippen LogP contribution in [-0.4, -0.2) is 26.7 Å². The predicted octanol–water partition coefficient (Wildman–Crippen LogP) is 4.32. The van der Waals surface area contributed by atoms with E-state index in [-0.39, 0.29) is 6.10 Å². The van der Waals surface area contributed by atoms with Crippen LogP contribution in [0.1, 0.15) is 39.7 Å². The number of aliphatic hydroxyl groups is 1. The van der Waals surface area contributed by atoms with Gasteiger partial charge in [-0.15, -0.1) is 11.3 Å². The molecule has 1 aromatic carbocycles. The van der Waals surface area contributed by atoms with E-state index in [1.807, 2.05) is 25.1 Å². The normalized spacial score (nSPS) is 16.8. The second kappa shape index (κ2) is 7.84. The van der Waals surface area contributed by atoms with Crippen LogP contribution in [0.25, 0.3) is 11.1 Å². The Balaban J connectivity index is 1.71. The lowest BCUT2D eigenvalue weighted by molar-refractivity contribution is 0.0998. The first kappa shape index (κ1) is 20.0. The number of ether oxygens (including phenoxy) is 1. The molecule has 3 aromatic rings. The summed E-state index contributed by atoms with van der Waals surface area (Å²) in [5.41, 5.74) is 7.86. The highest BCUT2D eigenvalue weighted by atomic mass is 35.5. The first-order valence-corrected chi connectivity index (χ1v) is 10.4. The van der Waals surface area contributed by atoms with E-state index in [0.29, 0.717) is 32.1 Å². The molecule has 29 heavy (non-hydrogen) atoms. The van der Waals surface area contributed by atoms with Crippen LogP contribution < -0.4 is 10.5 Å². The van der Waals surface area contributed by atoms with Gasteiger partial charge in [0.2, 0.25) is 0 Å². The molecule has 0 spiro atoms. The van der Waals surface area contributed by atoms with Gasteiger partial charge in [0.05, 0.1) is 17.5 Å². The van der Waals surface area contributed by atoms with E-state index in [2.05, 4.69) is 4.98 Å². The van der Waals surface area contributed by atoms with Crippen molar-refractivity contribution in [1.82, 2.24) is 9.55 Å². The third-order valence-corrected chi connectivity index (χ3v) is 6.49. The monoisotopic (exact) mass is 449 g/mol. The SMILES string of the molecule is C[C@@H](Oc1cc(-n2cnc3c2C=C(Cl)C(O)C3)sc1C(N)=O)c1ccccc1Cl. The first-order chi connectivity index (χ1) is 13.8. The molecular formula is C20H17Cl2N3O3S. The average molecular weight is 450 g/mol. The van der Waals surface area contributed by atoms with Gasteiger partial charge in [0.15, 0.2) is 0 Å². The molecule has 4 rings (SSSR count). The maximum absolute atomic E-state index is 12.0. The van der Waals surface area contributed by atoms with Gasteiger partial charge >= 0.3 is 0 Å². The van der Waals surface area contributed by atoms with E-state index < -0.39 is 12.0 Å². The zero-order valence-corrected chi connectivity index (χ0v) is 17.6. The minimum Gasteiger partial charge on any atom is -0.484 e. The highest BCUT2D eigenvalue weighted by Gasteiger charge is 2.25. The highest BCUT2D eigenvalue weighted by molar-refractivity contribution is 7.16. The summed E-state index contributed by atoms with van der Waals surface area (Å²) in [4.78, 5) is 16.7. The number of aliphatic hydroxyl groups excluding tert-OH is 1. The molecule has 3 N–H and O–H groups in total. The van der Waals surface area contributed by atoms with Crippen molar-refractivity contribution in [3.63, 3.8) is 0 Å². The van der Waals surface area contributed by atoms with E-state index in [9.17, 15) is 9.90 Å². The Hall–Kier alpha value is -2.32. The van der Waals surface area contributed by atoms with Gasteiger partial charge in [-0.25, -0.2) is 4.98 Å². The molecule has 0 saturated carbocycles. The summed E-state index contributed by atoms with van der Waals surface area (Å²) >= 11 is 13.6. The van der Waals surface area contributed by atoms with Crippen LogP contribution in [0.5, 0.6) is 5.75 Å². The summed E-state index contributed by atoms with van der Waals surface area (Å²) in [5.74, 6) is -0.209. The third-order valence-electron chi connectivity index (χ3n) is 4.66. The number of aromatic nitrogens is 2. The molecule has 2 aromatic heterocycles. The minimum atomic E-state index is -0.757. The van der Waals surface area contributed by atoms with Gasteiger partial charge in [-0.2, -0.15) is 0 Å². The fourth-order valence-electron chi connectivity index (χ4n) is 3.19. The predicted molar refractivity (Wildman–Crippen MR) is 114 cm³/mol. The number of hydrogen-bond acceptors (Lipinski definition) is 5. The number of amides is 1. The molecule has 2 heterocycles. The topological polar surface area (TPSA) is 90.4 Å². The molecule has 0 bridgehead atoms. The van der Waals surface area contributed by atoms with Gasteiger partial charge < -0.3 is 15.6 Å². The Morgan fingerprint density at radius 3 is 2.90 bits per heavy atom. The molecule has 0 radical (unpaired) electrons. The van der Waals surface area contributed by atoms with Gasteiger partial charge in [-0.1, -0.05) is 41.4 Å². The molecule has 1 amide bonds. The summed E-state index contributed by atoms with van der Waals surface area (Å²) < 4.78 is 7.84. The third kappa shape index (κ3) is 3.79. The molecule has 9 heteroatoms. The molecule has 1 aliphatic rings. The van der Waals surface area contributed by atoms with E-state index in [4.69, 9.17) is 33.7 Å². The van der Waals surface area contributed by atoms with Crippen molar-refractivity contribution in [1.29, 1.82) is 0 Å². The number of nitrogens with two attached hydrogens (primary N) is 1. The van der Waals surface area contributed by atoms with Crippen LogP contribution in [0, 0.1) is 0 Å². The second-order valence-corrected chi connectivity index (χ2v) is 8.49. The minimum absolute atomic E-state index is 0.298. The standard InChI is InChI=1S/C20H17Cl2N3O3S/c1-10(11-4-2-3-5-12(11)21)28-17-8-18(29-19(17)20(23)27)25-9-24-14-7-16(26)13(22)6-15(14)25/h2-6,8-10,16,26H,7H2,1H3,(H2,23,27)/t10-,16?/m1/s1. The number of thiophene rings is 1. The van der Waals surface area contributed by atoms with Gasteiger partial charge in [-0.05, 0) is 19.1 Å². The van der Waals surface area contributed by atoms with Crippen molar-refractivity contribution in [2.45, 2.75) is 25.6 Å². The Morgan fingerprint density at radius 2 is 2.17 bits per heavy atom. The zero-order chi connectivity index (χ0) is 20.7. The number of halogens is 2. The fraction of sp³-hybridized carbons (Fsp3) is 0.200. The van der Waals surface area contributed by atoms with Gasteiger partial charge in [0, 0.05) is 28.1 Å². The summed E-state index contributed by atoms with van der Waals surface area (Å²) in [6, 6.07) is 9.11. The quantitative estimate of drug-likeness (QED) is 0.606. The lowest BCUT2D eigenvalue weighted by atomic mass is 10.1. The number of benzene rings is 1. The Bertz CT molecular complexity index is 1120. The Kier molecular flexibility index (Phi) is 5.40. The van der Waals surface area contributed by atoms with Gasteiger partial charge in [0.1, 0.15) is 28.1 Å². The molecular weight excluding hydrogens is 433 g/mol. The average Bonchev–Trinajstić information content (AvgIpc) is 3.26. The maximum atomic E-state index is 12.0. The van der Waals surface area contributed by atoms with E-state index in [0.717, 1.165) is 17.0 Å². The van der Waals surface area contributed by atoms with E-state index in [1.165, 1.54) is 11.3 Å². The summed E-state index contributed by atoms with van der Waals surface area (Å²) in [6.07, 6.45) is 2.49.